The van der Waals surface area contributed by atoms with E-state index in [2.05, 4.69) is 10.6 Å². The number of non-ortho nitro benzene ring substituents is 1. The number of piperidine rings is 1. The topological polar surface area (TPSA) is 122 Å². The van der Waals surface area contributed by atoms with Crippen LogP contribution in [0, 0.1) is 16.0 Å². The standard InChI is InChI=1S/C16H22N4O5S/c21-16(18-13-7-8-17-10-13)12-2-1-9-19(11-12)26(24,25)15-5-3-14(4-6-15)20(22)23/h3-6,12-13,17H,1-2,7-11H2,(H,18,21). The average Bonchev–Trinajstić information content (AvgIpc) is 3.15. The summed E-state index contributed by atoms with van der Waals surface area (Å²) in [7, 11) is -3.78. The van der Waals surface area contributed by atoms with Crippen LogP contribution in [0.3, 0.4) is 0 Å². The second kappa shape index (κ2) is 7.68. The number of amides is 1. The summed E-state index contributed by atoms with van der Waals surface area (Å²) in [4.78, 5) is 22.6. The molecule has 0 spiro atoms. The van der Waals surface area contributed by atoms with Crippen molar-refractivity contribution in [1.82, 2.24) is 14.9 Å². The molecule has 9 nitrogen and oxygen atoms in total. The quantitative estimate of drug-likeness (QED) is 0.564. The molecule has 0 bridgehead atoms. The first-order valence-corrected chi connectivity index (χ1v) is 10.1. The van der Waals surface area contributed by atoms with Gasteiger partial charge in [-0.2, -0.15) is 4.31 Å². The maximum Gasteiger partial charge on any atom is 0.269 e. The number of nitrogens with zero attached hydrogens (tertiary/aromatic N) is 2. The van der Waals surface area contributed by atoms with Gasteiger partial charge >= 0.3 is 0 Å². The lowest BCUT2D eigenvalue weighted by atomic mass is 9.98. The Kier molecular flexibility index (Phi) is 5.54. The molecule has 2 fully saturated rings. The van der Waals surface area contributed by atoms with Gasteiger partial charge in [-0.3, -0.25) is 14.9 Å². The van der Waals surface area contributed by atoms with Crippen LogP contribution in [0.2, 0.25) is 0 Å². The zero-order valence-corrected chi connectivity index (χ0v) is 15.1. The van der Waals surface area contributed by atoms with Gasteiger partial charge in [0.05, 0.1) is 15.7 Å². The van der Waals surface area contributed by atoms with Gasteiger partial charge in [-0.15, -0.1) is 0 Å². The normalized spacial score (nSPS) is 24.3. The lowest BCUT2D eigenvalue weighted by Crippen LogP contribution is -2.47. The van der Waals surface area contributed by atoms with E-state index in [1.54, 1.807) is 0 Å². The largest absolute Gasteiger partial charge is 0.352 e. The van der Waals surface area contributed by atoms with Gasteiger partial charge in [-0.05, 0) is 37.9 Å². The van der Waals surface area contributed by atoms with Crippen LogP contribution in [0.5, 0.6) is 0 Å². The van der Waals surface area contributed by atoms with E-state index in [-0.39, 0.29) is 35.0 Å². The van der Waals surface area contributed by atoms with Gasteiger partial charge in [-0.1, -0.05) is 0 Å². The summed E-state index contributed by atoms with van der Waals surface area (Å²) >= 11 is 0. The monoisotopic (exact) mass is 382 g/mol. The van der Waals surface area contributed by atoms with E-state index in [0.29, 0.717) is 19.4 Å². The third-order valence-corrected chi connectivity index (χ3v) is 6.73. The Hall–Kier alpha value is -2.04. The van der Waals surface area contributed by atoms with E-state index >= 15 is 0 Å². The first kappa shape index (κ1) is 18.7. The number of carbonyl (C=O) groups is 1. The Bertz CT molecular complexity index is 774. The molecule has 1 amide bonds. The molecule has 0 aliphatic carbocycles. The molecular formula is C16H22N4O5S. The summed E-state index contributed by atoms with van der Waals surface area (Å²) in [5, 5.41) is 16.9. The van der Waals surface area contributed by atoms with Gasteiger partial charge in [0.1, 0.15) is 0 Å². The minimum Gasteiger partial charge on any atom is -0.352 e. The number of hydrogen-bond donors (Lipinski definition) is 2. The smallest absolute Gasteiger partial charge is 0.269 e. The van der Waals surface area contributed by atoms with Crippen LogP contribution in [0.25, 0.3) is 0 Å². The highest BCUT2D eigenvalue weighted by atomic mass is 32.2. The van der Waals surface area contributed by atoms with E-state index in [1.165, 1.54) is 28.6 Å². The maximum absolute atomic E-state index is 12.8. The van der Waals surface area contributed by atoms with Crippen LogP contribution < -0.4 is 10.6 Å². The minimum atomic E-state index is -3.78. The van der Waals surface area contributed by atoms with Crippen LogP contribution in [-0.4, -0.2) is 55.8 Å². The Labute approximate surface area is 152 Å². The highest BCUT2D eigenvalue weighted by molar-refractivity contribution is 7.89. The molecule has 2 aliphatic heterocycles. The molecule has 2 saturated heterocycles. The number of nitrogens with one attached hydrogen (secondary N) is 2. The molecule has 10 heteroatoms. The van der Waals surface area contributed by atoms with Crippen molar-refractivity contribution in [3.05, 3.63) is 34.4 Å². The number of hydrogen-bond acceptors (Lipinski definition) is 6. The number of carbonyl (C=O) groups excluding carboxylic acids is 1. The van der Waals surface area contributed by atoms with Crippen molar-refractivity contribution in [1.29, 1.82) is 0 Å². The minimum absolute atomic E-state index is 0.00384. The molecule has 142 valence electrons. The molecule has 1 aromatic carbocycles. The van der Waals surface area contributed by atoms with E-state index in [0.717, 1.165) is 19.5 Å². The fraction of sp³-hybridized carbons (Fsp3) is 0.562. The van der Waals surface area contributed by atoms with Gasteiger partial charge in [0.15, 0.2) is 0 Å². The summed E-state index contributed by atoms with van der Waals surface area (Å²) in [5.41, 5.74) is -0.162. The molecule has 3 rings (SSSR count). The Morgan fingerprint density at radius 2 is 2.00 bits per heavy atom. The third-order valence-electron chi connectivity index (χ3n) is 4.85. The molecule has 2 unspecified atom stereocenters. The summed E-state index contributed by atoms with van der Waals surface area (Å²) in [6, 6.07) is 4.93. The number of nitro benzene ring substituents is 1. The van der Waals surface area contributed by atoms with Gasteiger partial charge in [0, 0.05) is 37.8 Å². The number of sulfonamides is 1. The molecule has 26 heavy (non-hydrogen) atoms. The van der Waals surface area contributed by atoms with Crippen molar-refractivity contribution in [2.45, 2.75) is 30.2 Å². The van der Waals surface area contributed by atoms with Gasteiger partial charge in [0.25, 0.3) is 5.69 Å². The van der Waals surface area contributed by atoms with Crippen LogP contribution in [-0.2, 0) is 14.8 Å². The Morgan fingerprint density at radius 3 is 2.62 bits per heavy atom. The second-order valence-corrected chi connectivity index (χ2v) is 8.59. The van der Waals surface area contributed by atoms with Crippen molar-refractivity contribution in [3.8, 4) is 0 Å². The average molecular weight is 382 g/mol. The zero-order chi connectivity index (χ0) is 18.7. The number of rotatable bonds is 5. The fourth-order valence-corrected chi connectivity index (χ4v) is 4.88. The molecule has 0 saturated carbocycles. The summed E-state index contributed by atoms with van der Waals surface area (Å²) in [5.74, 6) is -0.487. The highest BCUT2D eigenvalue weighted by Crippen LogP contribution is 2.25. The predicted octanol–water partition coefficient (Wildman–Crippen LogP) is 0.474. The van der Waals surface area contributed by atoms with Crippen molar-refractivity contribution >= 4 is 21.6 Å². The predicted molar refractivity (Wildman–Crippen MR) is 94.0 cm³/mol. The summed E-state index contributed by atoms with van der Waals surface area (Å²) in [6.07, 6.45) is 2.13. The van der Waals surface area contributed by atoms with E-state index in [9.17, 15) is 23.3 Å². The van der Waals surface area contributed by atoms with Crippen molar-refractivity contribution in [2.24, 2.45) is 5.92 Å². The Morgan fingerprint density at radius 1 is 1.27 bits per heavy atom. The van der Waals surface area contributed by atoms with Crippen LogP contribution in [0.1, 0.15) is 19.3 Å². The Balaban J connectivity index is 1.69. The molecule has 2 heterocycles. The molecular weight excluding hydrogens is 360 g/mol. The van der Waals surface area contributed by atoms with Crippen molar-refractivity contribution in [2.75, 3.05) is 26.2 Å². The first-order valence-electron chi connectivity index (χ1n) is 8.63. The van der Waals surface area contributed by atoms with Crippen molar-refractivity contribution < 1.29 is 18.1 Å². The number of benzene rings is 1. The molecule has 2 atom stereocenters. The van der Waals surface area contributed by atoms with Crippen LogP contribution in [0.4, 0.5) is 5.69 Å². The van der Waals surface area contributed by atoms with E-state index < -0.39 is 14.9 Å². The summed E-state index contributed by atoms with van der Waals surface area (Å²) in [6.45, 7) is 2.08. The van der Waals surface area contributed by atoms with Crippen molar-refractivity contribution in [3.63, 3.8) is 0 Å². The maximum atomic E-state index is 12.8. The van der Waals surface area contributed by atoms with Crippen LogP contribution in [0.15, 0.2) is 29.2 Å². The molecule has 1 aromatic rings. The third kappa shape index (κ3) is 4.02. The number of nitro groups is 1. The lowest BCUT2D eigenvalue weighted by Gasteiger charge is -2.31. The van der Waals surface area contributed by atoms with Crippen LogP contribution >= 0.6 is 0 Å². The molecule has 0 aromatic heterocycles. The zero-order valence-electron chi connectivity index (χ0n) is 14.3. The van der Waals surface area contributed by atoms with Gasteiger partial charge < -0.3 is 10.6 Å². The highest BCUT2D eigenvalue weighted by Gasteiger charge is 2.34. The molecule has 0 radical (unpaired) electrons. The van der Waals surface area contributed by atoms with E-state index in [4.69, 9.17) is 0 Å². The molecule has 2 N–H and O–H groups in total. The van der Waals surface area contributed by atoms with Gasteiger partial charge in [-0.25, -0.2) is 8.42 Å². The fourth-order valence-electron chi connectivity index (χ4n) is 3.36. The first-order chi connectivity index (χ1) is 12.4. The van der Waals surface area contributed by atoms with E-state index in [1.807, 2.05) is 0 Å². The van der Waals surface area contributed by atoms with Gasteiger partial charge in [0.2, 0.25) is 15.9 Å². The summed E-state index contributed by atoms with van der Waals surface area (Å²) < 4.78 is 26.9. The lowest BCUT2D eigenvalue weighted by molar-refractivity contribution is -0.384. The SMILES string of the molecule is O=C(NC1CCNC1)C1CCCN(S(=O)(=O)c2ccc([N+](=O)[O-])cc2)C1. The second-order valence-electron chi connectivity index (χ2n) is 6.65. The molecule has 2 aliphatic rings.